The molecule has 1 saturated heterocycles. The maximum absolute atomic E-state index is 12.0. The van der Waals surface area contributed by atoms with Crippen molar-refractivity contribution >= 4 is 5.91 Å². The third-order valence-electron chi connectivity index (χ3n) is 4.70. The van der Waals surface area contributed by atoms with Gasteiger partial charge in [0.25, 0.3) is 0 Å². The summed E-state index contributed by atoms with van der Waals surface area (Å²) in [4.78, 5) is 14.0. The van der Waals surface area contributed by atoms with Crippen molar-refractivity contribution in [1.82, 2.24) is 10.2 Å². The van der Waals surface area contributed by atoms with E-state index in [1.807, 2.05) is 4.90 Å². The van der Waals surface area contributed by atoms with Crippen molar-refractivity contribution in [3.05, 3.63) is 0 Å². The predicted octanol–water partition coefficient (Wildman–Crippen LogP) is 2.80. The predicted molar refractivity (Wildman–Crippen MR) is 79.0 cm³/mol. The lowest BCUT2D eigenvalue weighted by Gasteiger charge is -2.28. The van der Waals surface area contributed by atoms with Gasteiger partial charge in [0.05, 0.1) is 0 Å². The van der Waals surface area contributed by atoms with Crippen molar-refractivity contribution in [1.29, 1.82) is 0 Å². The van der Waals surface area contributed by atoms with Crippen LogP contribution in [0.15, 0.2) is 0 Å². The van der Waals surface area contributed by atoms with Crippen molar-refractivity contribution in [2.75, 3.05) is 26.2 Å². The molecule has 0 aromatic carbocycles. The third kappa shape index (κ3) is 5.13. The maximum atomic E-state index is 12.0. The Morgan fingerprint density at radius 3 is 2.68 bits per heavy atom. The molecular formula is C16H30N2O. The van der Waals surface area contributed by atoms with Crippen LogP contribution in [0, 0.1) is 11.8 Å². The molecule has 2 atom stereocenters. The Hall–Kier alpha value is -0.570. The fourth-order valence-corrected chi connectivity index (χ4v) is 3.55. The number of piperidine rings is 1. The Kier molecular flexibility index (Phi) is 6.15. The Bertz CT molecular complexity index is 274. The molecule has 0 spiro atoms. The van der Waals surface area contributed by atoms with E-state index in [0.29, 0.717) is 12.3 Å². The summed E-state index contributed by atoms with van der Waals surface area (Å²) >= 11 is 0. The molecule has 1 saturated carbocycles. The summed E-state index contributed by atoms with van der Waals surface area (Å²) in [5, 5.41) is 3.50. The topological polar surface area (TPSA) is 32.3 Å². The first-order valence-electron chi connectivity index (χ1n) is 8.24. The summed E-state index contributed by atoms with van der Waals surface area (Å²) in [6.07, 6.45) is 9.90. The average molecular weight is 266 g/mol. The Labute approximate surface area is 118 Å². The van der Waals surface area contributed by atoms with Crippen LogP contribution >= 0.6 is 0 Å². The lowest BCUT2D eigenvalue weighted by molar-refractivity contribution is -0.131. The minimum absolute atomic E-state index is 0.351. The first-order valence-corrected chi connectivity index (χ1v) is 8.24. The van der Waals surface area contributed by atoms with E-state index < -0.39 is 0 Å². The van der Waals surface area contributed by atoms with Crippen LogP contribution in [-0.4, -0.2) is 37.0 Å². The van der Waals surface area contributed by atoms with Crippen LogP contribution < -0.4 is 5.32 Å². The van der Waals surface area contributed by atoms with E-state index >= 15 is 0 Å². The number of nitrogens with zero attached hydrogens (tertiary/aromatic N) is 1. The van der Waals surface area contributed by atoms with E-state index in [-0.39, 0.29) is 0 Å². The normalized spacial score (nSPS) is 28.4. The fraction of sp³-hybridized carbons (Fsp3) is 0.938. The molecule has 0 radical (unpaired) electrons. The summed E-state index contributed by atoms with van der Waals surface area (Å²) in [6.45, 7) is 6.31. The monoisotopic (exact) mass is 266 g/mol. The Morgan fingerprint density at radius 1 is 1.16 bits per heavy atom. The van der Waals surface area contributed by atoms with E-state index in [1.165, 1.54) is 44.9 Å². The van der Waals surface area contributed by atoms with Gasteiger partial charge in [-0.1, -0.05) is 19.8 Å². The summed E-state index contributed by atoms with van der Waals surface area (Å²) < 4.78 is 0. The van der Waals surface area contributed by atoms with Crippen molar-refractivity contribution in [3.63, 3.8) is 0 Å². The smallest absolute Gasteiger partial charge is 0.223 e. The van der Waals surface area contributed by atoms with Gasteiger partial charge >= 0.3 is 0 Å². The number of amides is 1. The number of hydrogen-bond donors (Lipinski definition) is 1. The van der Waals surface area contributed by atoms with E-state index in [1.54, 1.807) is 0 Å². The fourth-order valence-electron chi connectivity index (χ4n) is 3.55. The number of likely N-dealkylation sites (tertiary alicyclic amines) is 1. The number of carbonyl (C=O) groups is 1. The molecule has 3 nitrogen and oxygen atoms in total. The molecule has 1 aliphatic carbocycles. The molecule has 2 rings (SSSR count). The van der Waals surface area contributed by atoms with Crippen molar-refractivity contribution in [2.45, 2.75) is 58.3 Å². The van der Waals surface area contributed by atoms with Crippen LogP contribution in [0.3, 0.4) is 0 Å². The Morgan fingerprint density at radius 2 is 1.95 bits per heavy atom. The van der Waals surface area contributed by atoms with Crippen LogP contribution in [0.5, 0.6) is 0 Å². The van der Waals surface area contributed by atoms with E-state index in [4.69, 9.17) is 0 Å². The first kappa shape index (κ1) is 14.8. The van der Waals surface area contributed by atoms with Gasteiger partial charge in [0.2, 0.25) is 5.91 Å². The molecule has 2 aliphatic rings. The number of hydrogen-bond acceptors (Lipinski definition) is 2. The molecule has 2 unspecified atom stereocenters. The van der Waals surface area contributed by atoms with Crippen LogP contribution in [0.1, 0.15) is 58.3 Å². The molecule has 1 heterocycles. The average Bonchev–Trinajstić information content (AvgIpc) is 2.44. The highest BCUT2D eigenvalue weighted by Gasteiger charge is 2.19. The highest BCUT2D eigenvalue weighted by molar-refractivity contribution is 5.76. The second-order valence-electron chi connectivity index (χ2n) is 6.53. The first-order chi connectivity index (χ1) is 9.25. The zero-order chi connectivity index (χ0) is 13.5. The van der Waals surface area contributed by atoms with Gasteiger partial charge in [0.15, 0.2) is 0 Å². The molecule has 110 valence electrons. The van der Waals surface area contributed by atoms with E-state index in [9.17, 15) is 4.79 Å². The molecule has 1 N–H and O–H groups in total. The summed E-state index contributed by atoms with van der Waals surface area (Å²) in [5.41, 5.74) is 0. The molecule has 1 aliphatic heterocycles. The van der Waals surface area contributed by atoms with Gasteiger partial charge in [-0.2, -0.15) is 0 Å². The van der Waals surface area contributed by atoms with Crippen LogP contribution in [-0.2, 0) is 4.79 Å². The van der Waals surface area contributed by atoms with Crippen LogP contribution in [0.4, 0.5) is 0 Å². The van der Waals surface area contributed by atoms with Crippen molar-refractivity contribution in [2.24, 2.45) is 11.8 Å². The van der Waals surface area contributed by atoms with Crippen molar-refractivity contribution in [3.8, 4) is 0 Å². The highest BCUT2D eigenvalue weighted by Crippen LogP contribution is 2.27. The van der Waals surface area contributed by atoms with Gasteiger partial charge in [0.1, 0.15) is 0 Å². The maximum Gasteiger partial charge on any atom is 0.223 e. The molecular weight excluding hydrogens is 236 g/mol. The van der Waals surface area contributed by atoms with E-state index in [0.717, 1.165) is 38.0 Å². The molecule has 0 aromatic rings. The van der Waals surface area contributed by atoms with Crippen LogP contribution in [0.25, 0.3) is 0 Å². The van der Waals surface area contributed by atoms with Gasteiger partial charge in [-0.05, 0) is 50.5 Å². The third-order valence-corrected chi connectivity index (χ3v) is 4.70. The number of nitrogens with one attached hydrogen (secondary N) is 1. The van der Waals surface area contributed by atoms with Gasteiger partial charge < -0.3 is 10.2 Å². The molecule has 0 bridgehead atoms. The minimum Gasteiger partial charge on any atom is -0.343 e. The summed E-state index contributed by atoms with van der Waals surface area (Å²) in [6, 6.07) is 0. The SMILES string of the molecule is CC1CCCC(CNCCC(=O)N2CCCCC2)C1. The molecule has 2 fully saturated rings. The lowest BCUT2D eigenvalue weighted by atomic mass is 9.82. The number of carbonyl (C=O) groups excluding carboxylic acids is 1. The quantitative estimate of drug-likeness (QED) is 0.776. The van der Waals surface area contributed by atoms with Crippen molar-refractivity contribution < 1.29 is 4.79 Å². The standard InChI is InChI=1S/C16H30N2O/c1-14-6-5-7-15(12-14)13-17-9-8-16(19)18-10-3-2-4-11-18/h14-15,17H,2-13H2,1H3. The van der Waals surface area contributed by atoms with E-state index in [2.05, 4.69) is 12.2 Å². The molecule has 19 heavy (non-hydrogen) atoms. The zero-order valence-electron chi connectivity index (χ0n) is 12.5. The summed E-state index contributed by atoms with van der Waals surface area (Å²) in [7, 11) is 0. The van der Waals surface area contributed by atoms with Gasteiger partial charge in [0, 0.05) is 26.1 Å². The molecule has 0 aromatic heterocycles. The van der Waals surface area contributed by atoms with Gasteiger partial charge in [-0.3, -0.25) is 4.79 Å². The summed E-state index contributed by atoms with van der Waals surface area (Å²) in [5.74, 6) is 2.09. The second-order valence-corrected chi connectivity index (χ2v) is 6.53. The molecule has 3 heteroatoms. The zero-order valence-corrected chi connectivity index (χ0v) is 12.5. The Balaban J connectivity index is 1.54. The van der Waals surface area contributed by atoms with Gasteiger partial charge in [-0.25, -0.2) is 0 Å². The minimum atomic E-state index is 0.351. The lowest BCUT2D eigenvalue weighted by Crippen LogP contribution is -2.37. The molecule has 1 amide bonds. The largest absolute Gasteiger partial charge is 0.343 e. The van der Waals surface area contributed by atoms with Crippen LogP contribution in [0.2, 0.25) is 0 Å². The second kappa shape index (κ2) is 7.88. The highest BCUT2D eigenvalue weighted by atomic mass is 16.2. The number of rotatable bonds is 5. The van der Waals surface area contributed by atoms with Gasteiger partial charge in [-0.15, -0.1) is 0 Å².